The molecule has 2 atom stereocenters. The van der Waals surface area contributed by atoms with Crippen molar-refractivity contribution in [3.05, 3.63) is 59.2 Å². The molecule has 6 heteroatoms. The first-order valence-electron chi connectivity index (χ1n) is 7.21. The van der Waals surface area contributed by atoms with Crippen molar-refractivity contribution >= 4 is 5.91 Å². The van der Waals surface area contributed by atoms with Crippen molar-refractivity contribution in [3.8, 4) is 11.5 Å². The van der Waals surface area contributed by atoms with Crippen molar-refractivity contribution in [2.75, 3.05) is 13.8 Å². The van der Waals surface area contributed by atoms with Crippen LogP contribution in [0.5, 0.6) is 11.5 Å². The van der Waals surface area contributed by atoms with Crippen molar-refractivity contribution < 1.29 is 24.5 Å². The average molecular weight is 313 g/mol. The van der Waals surface area contributed by atoms with Gasteiger partial charge in [-0.2, -0.15) is 0 Å². The summed E-state index contributed by atoms with van der Waals surface area (Å²) in [6.45, 7) is 0.125. The van der Waals surface area contributed by atoms with Crippen molar-refractivity contribution in [3.63, 3.8) is 0 Å². The van der Waals surface area contributed by atoms with E-state index in [-0.39, 0.29) is 12.7 Å². The highest BCUT2D eigenvalue weighted by Gasteiger charge is 2.52. The standard InChI is InChI=1S/C17H15NO5/c1-18-16(20)11-4-2-3-5-12(11)17(18,21)15(19)10-6-7-13-14(8-10)23-9-22-13/h2-8,15,19,21H,9H2,1H3/t15-,17+/m1/s1. The van der Waals surface area contributed by atoms with Crippen LogP contribution in [0, 0.1) is 0 Å². The summed E-state index contributed by atoms with van der Waals surface area (Å²) in [7, 11) is 1.47. The normalized spacial score (nSPS) is 23.1. The molecule has 2 aliphatic rings. The molecule has 0 unspecified atom stereocenters. The van der Waals surface area contributed by atoms with Gasteiger partial charge in [0.25, 0.3) is 5.91 Å². The van der Waals surface area contributed by atoms with Gasteiger partial charge in [-0.1, -0.05) is 24.3 Å². The zero-order chi connectivity index (χ0) is 16.2. The van der Waals surface area contributed by atoms with Crippen LogP contribution < -0.4 is 9.47 Å². The highest BCUT2D eigenvalue weighted by atomic mass is 16.7. The van der Waals surface area contributed by atoms with E-state index in [9.17, 15) is 15.0 Å². The Morgan fingerprint density at radius 1 is 1.17 bits per heavy atom. The third kappa shape index (κ3) is 1.79. The van der Waals surface area contributed by atoms with Gasteiger partial charge in [0.2, 0.25) is 6.79 Å². The van der Waals surface area contributed by atoms with Gasteiger partial charge in [0, 0.05) is 18.2 Å². The van der Waals surface area contributed by atoms with E-state index in [4.69, 9.17) is 9.47 Å². The maximum atomic E-state index is 12.3. The third-order valence-corrected chi connectivity index (χ3v) is 4.46. The first-order chi connectivity index (χ1) is 11.0. The predicted octanol–water partition coefficient (Wildman–Crippen LogP) is 1.38. The molecule has 0 spiro atoms. The highest BCUT2D eigenvalue weighted by molar-refractivity contribution is 5.99. The summed E-state index contributed by atoms with van der Waals surface area (Å²) < 4.78 is 10.6. The maximum Gasteiger partial charge on any atom is 0.256 e. The van der Waals surface area contributed by atoms with Gasteiger partial charge in [-0.15, -0.1) is 0 Å². The summed E-state index contributed by atoms with van der Waals surface area (Å²) in [4.78, 5) is 13.5. The minimum atomic E-state index is -1.83. The minimum absolute atomic E-state index is 0.125. The average Bonchev–Trinajstić information content (AvgIpc) is 3.13. The summed E-state index contributed by atoms with van der Waals surface area (Å²) in [6.07, 6.45) is -1.32. The van der Waals surface area contributed by atoms with E-state index in [2.05, 4.69) is 0 Å². The monoisotopic (exact) mass is 313 g/mol. The van der Waals surface area contributed by atoms with Crippen LogP contribution in [-0.4, -0.2) is 34.9 Å². The van der Waals surface area contributed by atoms with E-state index in [0.717, 1.165) is 4.90 Å². The molecule has 0 saturated carbocycles. The molecule has 0 bridgehead atoms. The minimum Gasteiger partial charge on any atom is -0.454 e. The lowest BCUT2D eigenvalue weighted by atomic mass is 9.91. The van der Waals surface area contributed by atoms with Crippen LogP contribution in [-0.2, 0) is 5.72 Å². The molecule has 2 aliphatic heterocycles. The number of rotatable bonds is 2. The van der Waals surface area contributed by atoms with Gasteiger partial charge in [0.15, 0.2) is 17.2 Å². The number of aliphatic hydroxyl groups is 2. The molecule has 1 amide bonds. The number of carbonyl (C=O) groups is 1. The Bertz CT molecular complexity index is 805. The number of benzene rings is 2. The van der Waals surface area contributed by atoms with Crippen LogP contribution in [0.3, 0.4) is 0 Å². The molecule has 2 aromatic rings. The van der Waals surface area contributed by atoms with E-state index in [0.29, 0.717) is 28.2 Å². The van der Waals surface area contributed by atoms with E-state index in [1.165, 1.54) is 7.05 Å². The van der Waals surface area contributed by atoms with Crippen LogP contribution >= 0.6 is 0 Å². The second-order valence-corrected chi connectivity index (χ2v) is 5.65. The molecule has 0 aromatic heterocycles. The summed E-state index contributed by atoms with van der Waals surface area (Å²) in [5.41, 5.74) is -0.621. The SMILES string of the molecule is CN1C(=O)c2ccccc2[C@]1(O)[C@H](O)c1ccc2c(c1)OCO2. The number of hydrogen-bond donors (Lipinski definition) is 2. The summed E-state index contributed by atoms with van der Waals surface area (Å²) in [5, 5.41) is 21.9. The lowest BCUT2D eigenvalue weighted by Gasteiger charge is -2.36. The van der Waals surface area contributed by atoms with Crippen molar-refractivity contribution in [1.29, 1.82) is 0 Å². The van der Waals surface area contributed by atoms with Gasteiger partial charge in [-0.25, -0.2) is 0 Å². The lowest BCUT2D eigenvalue weighted by molar-refractivity contribution is -0.157. The Hall–Kier alpha value is -2.57. The molecular weight excluding hydrogens is 298 g/mol. The van der Waals surface area contributed by atoms with Gasteiger partial charge in [-0.05, 0) is 23.8 Å². The van der Waals surface area contributed by atoms with E-state index < -0.39 is 11.8 Å². The third-order valence-electron chi connectivity index (χ3n) is 4.46. The molecule has 6 nitrogen and oxygen atoms in total. The molecule has 118 valence electrons. The van der Waals surface area contributed by atoms with Crippen molar-refractivity contribution in [1.82, 2.24) is 4.90 Å². The first-order valence-corrected chi connectivity index (χ1v) is 7.21. The predicted molar refractivity (Wildman–Crippen MR) is 80.0 cm³/mol. The molecule has 0 aliphatic carbocycles. The number of likely N-dealkylation sites (N-methyl/N-ethyl adjacent to an activating group) is 1. The number of aliphatic hydroxyl groups excluding tert-OH is 1. The maximum absolute atomic E-state index is 12.3. The van der Waals surface area contributed by atoms with Gasteiger partial charge in [0.1, 0.15) is 6.10 Å². The molecular formula is C17H15NO5. The first kappa shape index (κ1) is 14.0. The fourth-order valence-electron chi connectivity index (χ4n) is 3.15. The Labute approximate surface area is 132 Å². The highest BCUT2D eigenvalue weighted by Crippen LogP contribution is 2.46. The Morgan fingerprint density at radius 2 is 1.91 bits per heavy atom. The number of nitrogens with zero attached hydrogens (tertiary/aromatic N) is 1. The van der Waals surface area contributed by atoms with E-state index in [1.54, 1.807) is 42.5 Å². The zero-order valence-corrected chi connectivity index (χ0v) is 12.4. The van der Waals surface area contributed by atoms with Crippen LogP contribution in [0.2, 0.25) is 0 Å². The molecule has 0 saturated heterocycles. The summed E-state index contributed by atoms with van der Waals surface area (Å²) in [6, 6.07) is 11.7. The molecule has 2 heterocycles. The quantitative estimate of drug-likeness (QED) is 0.875. The Kier molecular flexibility index (Phi) is 2.88. The Balaban J connectivity index is 1.81. The Morgan fingerprint density at radius 3 is 2.74 bits per heavy atom. The second kappa shape index (κ2) is 4.71. The van der Waals surface area contributed by atoms with Gasteiger partial charge in [-0.3, -0.25) is 4.79 Å². The van der Waals surface area contributed by atoms with Gasteiger partial charge < -0.3 is 24.6 Å². The largest absolute Gasteiger partial charge is 0.454 e. The number of carbonyl (C=O) groups excluding carboxylic acids is 1. The van der Waals surface area contributed by atoms with Gasteiger partial charge >= 0.3 is 0 Å². The van der Waals surface area contributed by atoms with Crippen LogP contribution in [0.4, 0.5) is 0 Å². The number of fused-ring (bicyclic) bond motifs is 2. The molecule has 0 fully saturated rings. The van der Waals surface area contributed by atoms with E-state index >= 15 is 0 Å². The number of amides is 1. The van der Waals surface area contributed by atoms with Crippen LogP contribution in [0.1, 0.15) is 27.6 Å². The molecule has 23 heavy (non-hydrogen) atoms. The molecule has 2 aromatic carbocycles. The number of hydrogen-bond acceptors (Lipinski definition) is 5. The lowest BCUT2D eigenvalue weighted by Crippen LogP contribution is -2.45. The topological polar surface area (TPSA) is 79.2 Å². The molecule has 0 radical (unpaired) electrons. The zero-order valence-electron chi connectivity index (χ0n) is 12.4. The van der Waals surface area contributed by atoms with Crippen LogP contribution in [0.15, 0.2) is 42.5 Å². The van der Waals surface area contributed by atoms with Crippen LogP contribution in [0.25, 0.3) is 0 Å². The molecule has 4 rings (SSSR count). The van der Waals surface area contributed by atoms with Gasteiger partial charge in [0.05, 0.1) is 0 Å². The van der Waals surface area contributed by atoms with Crippen molar-refractivity contribution in [2.45, 2.75) is 11.8 Å². The fraction of sp³-hybridized carbons (Fsp3) is 0.235. The fourth-order valence-corrected chi connectivity index (χ4v) is 3.15. The second-order valence-electron chi connectivity index (χ2n) is 5.65. The number of ether oxygens (including phenoxy) is 2. The van der Waals surface area contributed by atoms with Crippen molar-refractivity contribution in [2.24, 2.45) is 0 Å². The summed E-state index contributed by atoms with van der Waals surface area (Å²) in [5.74, 6) is 0.762. The smallest absolute Gasteiger partial charge is 0.256 e. The molecule has 2 N–H and O–H groups in total. The summed E-state index contributed by atoms with van der Waals surface area (Å²) >= 11 is 0. The van der Waals surface area contributed by atoms with E-state index in [1.807, 2.05) is 0 Å².